The van der Waals surface area contributed by atoms with Gasteiger partial charge in [0.25, 0.3) is 15.7 Å². The van der Waals surface area contributed by atoms with Gasteiger partial charge in [-0.1, -0.05) is 54.1 Å². The molecule has 2 aliphatic heterocycles. The maximum absolute atomic E-state index is 14.3. The molecule has 5 aromatic carbocycles. The molecule has 2 saturated heterocycles. The first kappa shape index (κ1) is 57.3. The number of likely N-dealkylation sites (tertiary alicyclic amines) is 1. The summed E-state index contributed by atoms with van der Waals surface area (Å²) in [6.45, 7) is 10.2. The zero-order valence-electron chi connectivity index (χ0n) is 42.9. The predicted molar refractivity (Wildman–Crippen MR) is 304 cm³/mol. The number of sulfonamides is 1. The third kappa shape index (κ3) is 14.1. The van der Waals surface area contributed by atoms with E-state index in [-0.39, 0.29) is 22.2 Å². The molecule has 410 valence electrons. The Balaban J connectivity index is 0.948. The molecular formula is C55H61ClF3N7O7S4. The summed E-state index contributed by atoms with van der Waals surface area (Å²) in [6, 6.07) is 35.8. The molecule has 1 aromatic heterocycles. The maximum Gasteiger partial charge on any atom is 0.501 e. The summed E-state index contributed by atoms with van der Waals surface area (Å²) in [4.78, 5) is 32.3. The maximum atomic E-state index is 14.3. The first-order valence-corrected chi connectivity index (χ1v) is 30.6. The SMILES string of the molecule is Cc1c(C(=O)NS(C)(=O)=O)c(-c2cccc(N3CCN(c4ccc(NSc5ccc(N[C@H](CCN6CCC(C(=O)O)CC6)CSc6ccccc6)c(S(=O)(=O)C(F)(F)F)c5)cc4)CC3)c2)c(-c2ccc(Cl)cc2)n1C(C)C. The summed E-state index contributed by atoms with van der Waals surface area (Å²) in [6.07, 6.45) is 2.43. The molecule has 1 atom stereocenters. The van der Waals surface area contributed by atoms with Gasteiger partial charge >= 0.3 is 11.5 Å². The van der Waals surface area contributed by atoms with E-state index in [2.05, 4.69) is 29.5 Å². The molecular weight excluding hydrogens is 1090 g/mol. The molecule has 0 unspecified atom stereocenters. The zero-order chi connectivity index (χ0) is 55.2. The van der Waals surface area contributed by atoms with Gasteiger partial charge in [-0.05, 0) is 155 Å². The molecule has 0 spiro atoms. The van der Waals surface area contributed by atoms with Crippen LogP contribution in [-0.2, 0) is 24.7 Å². The largest absolute Gasteiger partial charge is 0.501 e. The van der Waals surface area contributed by atoms with Gasteiger partial charge in [0.1, 0.15) is 4.90 Å². The van der Waals surface area contributed by atoms with Crippen LogP contribution in [0.3, 0.4) is 0 Å². The molecule has 4 N–H and O–H groups in total. The monoisotopic (exact) mass is 1150 g/mol. The molecule has 0 bridgehead atoms. The summed E-state index contributed by atoms with van der Waals surface area (Å²) in [5.41, 5.74) is 0.605. The van der Waals surface area contributed by atoms with Crippen molar-refractivity contribution in [1.29, 1.82) is 0 Å². The summed E-state index contributed by atoms with van der Waals surface area (Å²) < 4.78 is 101. The highest BCUT2D eigenvalue weighted by molar-refractivity contribution is 8.00. The lowest BCUT2D eigenvalue weighted by atomic mass is 9.96. The molecule has 0 saturated carbocycles. The average Bonchev–Trinajstić information content (AvgIpc) is 3.84. The Morgan fingerprint density at radius 2 is 1.43 bits per heavy atom. The van der Waals surface area contributed by atoms with Crippen LogP contribution in [0.2, 0.25) is 5.02 Å². The number of anilines is 4. The molecule has 8 rings (SSSR count). The minimum absolute atomic E-state index is 0.0869. The number of alkyl halides is 3. The minimum Gasteiger partial charge on any atom is -0.481 e. The van der Waals surface area contributed by atoms with Gasteiger partial charge in [-0.25, -0.2) is 21.6 Å². The minimum atomic E-state index is -5.78. The van der Waals surface area contributed by atoms with Gasteiger partial charge in [0, 0.05) is 93.7 Å². The fourth-order valence-electron chi connectivity index (χ4n) is 9.87. The Hall–Kier alpha value is -5.84. The van der Waals surface area contributed by atoms with Gasteiger partial charge in [-0.3, -0.25) is 9.59 Å². The molecule has 14 nitrogen and oxygen atoms in total. The zero-order valence-corrected chi connectivity index (χ0v) is 46.9. The number of amides is 1. The number of rotatable bonds is 20. The fraction of sp³-hybridized carbons (Fsp3) is 0.345. The van der Waals surface area contributed by atoms with E-state index in [4.69, 9.17) is 11.6 Å². The van der Waals surface area contributed by atoms with E-state index < -0.39 is 54.1 Å². The highest BCUT2D eigenvalue weighted by Gasteiger charge is 2.48. The standard InChI is InChI=1S/C55H61ClF3N7O7S4/c1-36(2)66-37(3)50(53(67)62-76(4,70)71)51(52(66)38-13-15-41(56)16-14-38)40-9-8-10-45(33-40)65-31-29-64(30-32-65)44-19-17-42(18-20-44)61-75-47-21-22-48(49(34-47)77(72,73)55(57,58)59)60-43(35-74-46-11-6-5-7-12-46)25-28-63-26-23-39(24-27-63)54(68)69/h5-22,33-34,36,39,43,60-61H,23-32,35H2,1-4H3,(H,62,67)(H,68,69)/t43-/m1/s1. The van der Waals surface area contributed by atoms with E-state index >= 15 is 0 Å². The lowest BCUT2D eigenvalue weighted by Gasteiger charge is -2.37. The number of sulfone groups is 1. The number of hydrogen-bond acceptors (Lipinski definition) is 13. The van der Waals surface area contributed by atoms with Gasteiger partial charge in [0.15, 0.2) is 0 Å². The van der Waals surface area contributed by atoms with Crippen molar-refractivity contribution >= 4 is 89.8 Å². The van der Waals surface area contributed by atoms with Crippen molar-refractivity contribution in [3.8, 4) is 22.4 Å². The number of piperidine rings is 1. The first-order chi connectivity index (χ1) is 36.6. The molecule has 77 heavy (non-hydrogen) atoms. The summed E-state index contributed by atoms with van der Waals surface area (Å²) in [5.74, 6) is -1.52. The number of nitrogens with one attached hydrogen (secondary N) is 3. The highest BCUT2D eigenvalue weighted by Crippen LogP contribution is 2.43. The van der Waals surface area contributed by atoms with Gasteiger partial charge in [0.2, 0.25) is 10.0 Å². The number of aliphatic carboxylic acids is 1. The third-order valence-electron chi connectivity index (χ3n) is 13.7. The van der Waals surface area contributed by atoms with Crippen LogP contribution in [0.15, 0.2) is 136 Å². The number of carbonyl (C=O) groups excluding carboxylic acids is 1. The quantitative estimate of drug-likeness (QED) is 0.0420. The number of nitrogens with zero attached hydrogens (tertiary/aromatic N) is 4. The lowest BCUT2D eigenvalue weighted by molar-refractivity contribution is -0.143. The van der Waals surface area contributed by atoms with Crippen LogP contribution in [-0.4, -0.2) is 113 Å². The van der Waals surface area contributed by atoms with Crippen LogP contribution >= 0.6 is 35.3 Å². The van der Waals surface area contributed by atoms with E-state index in [1.54, 1.807) is 18.2 Å². The Morgan fingerprint density at radius 1 is 0.779 bits per heavy atom. The van der Waals surface area contributed by atoms with Crippen molar-refractivity contribution in [2.24, 2.45) is 5.92 Å². The summed E-state index contributed by atoms with van der Waals surface area (Å²) >= 11 is 8.79. The van der Waals surface area contributed by atoms with Gasteiger partial charge in [-0.2, -0.15) is 13.2 Å². The van der Waals surface area contributed by atoms with Crippen molar-refractivity contribution in [2.45, 2.75) is 72.3 Å². The normalized spacial score (nSPS) is 15.4. The number of thioether (sulfide) groups is 1. The summed E-state index contributed by atoms with van der Waals surface area (Å²) in [5, 5.41) is 13.2. The second-order valence-corrected chi connectivity index (χ2v) is 25.5. The molecule has 6 aromatic rings. The first-order valence-electron chi connectivity index (χ1n) is 25.1. The molecule has 1 amide bonds. The van der Waals surface area contributed by atoms with Crippen molar-refractivity contribution in [3.63, 3.8) is 0 Å². The second-order valence-electron chi connectivity index (χ2n) is 19.4. The molecule has 2 fully saturated rings. The second kappa shape index (κ2) is 24.4. The van der Waals surface area contributed by atoms with Gasteiger partial charge in [0.05, 0.1) is 29.1 Å². The highest BCUT2D eigenvalue weighted by atomic mass is 35.5. The lowest BCUT2D eigenvalue weighted by Crippen LogP contribution is -2.46. The number of benzene rings is 5. The van der Waals surface area contributed by atoms with Crippen molar-refractivity contribution in [3.05, 3.63) is 138 Å². The van der Waals surface area contributed by atoms with E-state index in [1.165, 1.54) is 17.8 Å². The molecule has 3 heterocycles. The van der Waals surface area contributed by atoms with E-state index in [0.717, 1.165) is 57.4 Å². The van der Waals surface area contributed by atoms with Crippen LogP contribution in [0.1, 0.15) is 55.2 Å². The smallest absolute Gasteiger partial charge is 0.481 e. The number of aromatic nitrogens is 1. The number of hydrogen-bond donors (Lipinski definition) is 4. The number of carboxylic acids is 1. The van der Waals surface area contributed by atoms with E-state index in [9.17, 15) is 44.7 Å². The fourth-order valence-corrected chi connectivity index (χ4v) is 13.1. The van der Waals surface area contributed by atoms with E-state index in [1.807, 2.05) is 116 Å². The Labute approximate surface area is 461 Å². The molecule has 2 aliphatic rings. The van der Waals surface area contributed by atoms with Crippen molar-refractivity contribution in [1.82, 2.24) is 14.2 Å². The Kier molecular flexibility index (Phi) is 18.2. The summed E-state index contributed by atoms with van der Waals surface area (Å²) in [7, 11) is -9.67. The van der Waals surface area contributed by atoms with Crippen molar-refractivity contribution < 1.29 is 44.7 Å². The number of carbonyl (C=O) groups is 2. The molecule has 22 heteroatoms. The Bertz CT molecular complexity index is 3280. The molecule has 0 radical (unpaired) electrons. The third-order valence-corrected chi connectivity index (χ3v) is 18.1. The van der Waals surface area contributed by atoms with Crippen LogP contribution in [0, 0.1) is 12.8 Å². The van der Waals surface area contributed by atoms with Gasteiger partial charge in [-0.15, -0.1) is 11.8 Å². The topological polar surface area (TPSA) is 173 Å². The van der Waals surface area contributed by atoms with Gasteiger partial charge < -0.3 is 34.4 Å². The number of piperazine rings is 1. The number of halogens is 4. The Morgan fingerprint density at radius 3 is 2.04 bits per heavy atom. The van der Waals surface area contributed by atoms with Crippen LogP contribution in [0.5, 0.6) is 0 Å². The molecule has 0 aliphatic carbocycles. The number of carboxylic acid groups (broad SMARTS) is 1. The predicted octanol–water partition coefficient (Wildman–Crippen LogP) is 11.6. The van der Waals surface area contributed by atoms with E-state index in [0.29, 0.717) is 92.8 Å². The average molecular weight is 1150 g/mol. The van der Waals surface area contributed by atoms with Crippen LogP contribution < -0.4 is 24.6 Å². The van der Waals surface area contributed by atoms with Crippen LogP contribution in [0.4, 0.5) is 35.9 Å². The van der Waals surface area contributed by atoms with Crippen molar-refractivity contribution in [2.75, 3.05) is 77.7 Å². The van der Waals surface area contributed by atoms with Crippen LogP contribution in [0.25, 0.3) is 22.4 Å².